The number of ether oxygens (including phenoxy) is 1. The summed E-state index contributed by atoms with van der Waals surface area (Å²) in [6.45, 7) is 17.1. The molecule has 1 rings (SSSR count). The molecule has 0 aromatic carbocycles. The summed E-state index contributed by atoms with van der Waals surface area (Å²) in [7, 11) is 0. The highest BCUT2D eigenvalue weighted by Crippen LogP contribution is 2.15. The molecule has 0 spiro atoms. The van der Waals surface area contributed by atoms with Crippen molar-refractivity contribution in [2.75, 3.05) is 32.8 Å². The van der Waals surface area contributed by atoms with Crippen LogP contribution in [0.25, 0.3) is 0 Å². The van der Waals surface area contributed by atoms with Gasteiger partial charge in [-0.15, -0.1) is 0 Å². The second-order valence-electron chi connectivity index (χ2n) is 7.13. The zero-order chi connectivity index (χ0) is 16.7. The maximum atomic E-state index is 12.0. The van der Waals surface area contributed by atoms with Crippen molar-refractivity contribution in [3.63, 3.8) is 0 Å². The minimum Gasteiger partial charge on any atom is -0.379 e. The molecule has 1 amide bonds. The molecule has 1 saturated heterocycles. The number of carbonyl (C=O) groups is 1. The van der Waals surface area contributed by atoms with E-state index in [1.807, 2.05) is 13.8 Å². The molecule has 1 aliphatic heterocycles. The third-order valence-electron chi connectivity index (χ3n) is 4.02. The summed E-state index contributed by atoms with van der Waals surface area (Å²) in [6.07, 6.45) is 1.39. The molecule has 1 N–H and O–H groups in total. The van der Waals surface area contributed by atoms with Crippen LogP contribution in [0.5, 0.6) is 0 Å². The minimum absolute atomic E-state index is 0.132. The standard InChI is InChI=1S/C17H35N3O2/c1-13(2)18-17(21)12-20-15(5)10-19(11-16(20)6)8-7-9-22-14(3)4/h13-16H,7-12H2,1-6H3,(H,18,21). The lowest BCUT2D eigenvalue weighted by Crippen LogP contribution is -2.59. The Labute approximate surface area is 136 Å². The fraction of sp³-hybridized carbons (Fsp3) is 0.941. The number of piperazine rings is 1. The van der Waals surface area contributed by atoms with E-state index < -0.39 is 0 Å². The highest BCUT2D eigenvalue weighted by atomic mass is 16.5. The van der Waals surface area contributed by atoms with E-state index in [0.29, 0.717) is 24.7 Å². The number of amides is 1. The van der Waals surface area contributed by atoms with Crippen molar-refractivity contribution in [3.05, 3.63) is 0 Å². The summed E-state index contributed by atoms with van der Waals surface area (Å²) in [4.78, 5) is 16.8. The maximum absolute atomic E-state index is 12.0. The number of nitrogens with one attached hydrogen (secondary N) is 1. The van der Waals surface area contributed by atoms with E-state index in [1.54, 1.807) is 0 Å². The Morgan fingerprint density at radius 3 is 2.27 bits per heavy atom. The van der Waals surface area contributed by atoms with Crippen molar-refractivity contribution >= 4 is 5.91 Å². The number of carbonyl (C=O) groups excluding carboxylic acids is 1. The Bertz CT molecular complexity index is 322. The maximum Gasteiger partial charge on any atom is 0.234 e. The smallest absolute Gasteiger partial charge is 0.234 e. The zero-order valence-corrected chi connectivity index (χ0v) is 15.3. The third kappa shape index (κ3) is 7.07. The van der Waals surface area contributed by atoms with Crippen LogP contribution < -0.4 is 5.32 Å². The first-order valence-electron chi connectivity index (χ1n) is 8.68. The average molecular weight is 313 g/mol. The van der Waals surface area contributed by atoms with Crippen LogP contribution in [0.3, 0.4) is 0 Å². The molecule has 0 aromatic heterocycles. The molecule has 2 unspecified atom stereocenters. The Hall–Kier alpha value is -0.650. The van der Waals surface area contributed by atoms with E-state index >= 15 is 0 Å². The van der Waals surface area contributed by atoms with Crippen LogP contribution in [0.2, 0.25) is 0 Å². The van der Waals surface area contributed by atoms with E-state index in [2.05, 4.69) is 42.8 Å². The summed E-state index contributed by atoms with van der Waals surface area (Å²) in [5.41, 5.74) is 0. The summed E-state index contributed by atoms with van der Waals surface area (Å²) in [6, 6.07) is 1.03. The van der Waals surface area contributed by atoms with Gasteiger partial charge >= 0.3 is 0 Å². The van der Waals surface area contributed by atoms with Gasteiger partial charge < -0.3 is 15.0 Å². The van der Waals surface area contributed by atoms with Gasteiger partial charge in [0.05, 0.1) is 12.6 Å². The van der Waals surface area contributed by atoms with Gasteiger partial charge in [0.1, 0.15) is 0 Å². The molecule has 0 aromatic rings. The summed E-state index contributed by atoms with van der Waals surface area (Å²) in [5, 5.41) is 2.98. The van der Waals surface area contributed by atoms with E-state index in [9.17, 15) is 4.79 Å². The lowest BCUT2D eigenvalue weighted by atomic mass is 10.1. The minimum atomic E-state index is 0.132. The van der Waals surface area contributed by atoms with Gasteiger partial charge in [-0.2, -0.15) is 0 Å². The van der Waals surface area contributed by atoms with Crippen molar-refractivity contribution in [1.82, 2.24) is 15.1 Å². The molecule has 130 valence electrons. The Morgan fingerprint density at radius 1 is 1.18 bits per heavy atom. The fourth-order valence-electron chi connectivity index (χ4n) is 3.10. The van der Waals surface area contributed by atoms with Crippen molar-refractivity contribution < 1.29 is 9.53 Å². The second-order valence-corrected chi connectivity index (χ2v) is 7.13. The van der Waals surface area contributed by atoms with Gasteiger partial charge in [-0.3, -0.25) is 9.69 Å². The number of hydrogen-bond donors (Lipinski definition) is 1. The van der Waals surface area contributed by atoms with Gasteiger partial charge in [0.2, 0.25) is 5.91 Å². The van der Waals surface area contributed by atoms with Crippen LogP contribution in [0.4, 0.5) is 0 Å². The van der Waals surface area contributed by atoms with Crippen LogP contribution in [0.15, 0.2) is 0 Å². The average Bonchev–Trinajstić information content (AvgIpc) is 2.38. The van der Waals surface area contributed by atoms with Crippen LogP contribution in [0.1, 0.15) is 48.0 Å². The molecule has 0 bridgehead atoms. The molecule has 0 aliphatic carbocycles. The SMILES string of the molecule is CC(C)NC(=O)CN1C(C)CN(CCCOC(C)C)CC1C. The van der Waals surface area contributed by atoms with E-state index in [-0.39, 0.29) is 11.9 Å². The summed E-state index contributed by atoms with van der Waals surface area (Å²) in [5.74, 6) is 0.132. The van der Waals surface area contributed by atoms with Crippen molar-refractivity contribution in [1.29, 1.82) is 0 Å². The van der Waals surface area contributed by atoms with Crippen LogP contribution in [0, 0.1) is 0 Å². The second kappa shape index (κ2) is 9.48. The predicted molar refractivity (Wildman–Crippen MR) is 91.1 cm³/mol. The first-order chi connectivity index (χ1) is 10.3. The van der Waals surface area contributed by atoms with Crippen molar-refractivity contribution in [2.24, 2.45) is 0 Å². The number of nitrogens with zero attached hydrogens (tertiary/aromatic N) is 2. The van der Waals surface area contributed by atoms with Gasteiger partial charge in [-0.1, -0.05) is 0 Å². The number of hydrogen-bond acceptors (Lipinski definition) is 4. The highest BCUT2D eigenvalue weighted by Gasteiger charge is 2.30. The van der Waals surface area contributed by atoms with Gasteiger partial charge in [0.15, 0.2) is 0 Å². The molecule has 1 heterocycles. The van der Waals surface area contributed by atoms with Gasteiger partial charge in [-0.05, 0) is 48.0 Å². The van der Waals surface area contributed by atoms with Gasteiger partial charge in [0.25, 0.3) is 0 Å². The molecule has 1 aliphatic rings. The molecule has 0 radical (unpaired) electrons. The van der Waals surface area contributed by atoms with Crippen LogP contribution in [-0.2, 0) is 9.53 Å². The first-order valence-corrected chi connectivity index (χ1v) is 8.68. The lowest BCUT2D eigenvalue weighted by molar-refractivity contribution is -0.124. The highest BCUT2D eigenvalue weighted by molar-refractivity contribution is 5.78. The molecule has 5 nitrogen and oxygen atoms in total. The zero-order valence-electron chi connectivity index (χ0n) is 15.3. The Kier molecular flexibility index (Phi) is 8.36. The normalized spacial score (nSPS) is 24.2. The molecule has 1 fully saturated rings. The first kappa shape index (κ1) is 19.4. The summed E-state index contributed by atoms with van der Waals surface area (Å²) < 4.78 is 5.61. The van der Waals surface area contributed by atoms with Crippen LogP contribution >= 0.6 is 0 Å². The van der Waals surface area contributed by atoms with Gasteiger partial charge in [0, 0.05) is 44.4 Å². The topological polar surface area (TPSA) is 44.8 Å². The summed E-state index contributed by atoms with van der Waals surface area (Å²) >= 11 is 0. The van der Waals surface area contributed by atoms with E-state index in [1.165, 1.54) is 0 Å². The van der Waals surface area contributed by atoms with Crippen LogP contribution in [-0.4, -0.2) is 72.7 Å². The van der Waals surface area contributed by atoms with E-state index in [0.717, 1.165) is 32.7 Å². The fourth-order valence-corrected chi connectivity index (χ4v) is 3.10. The molecular formula is C17H35N3O2. The quantitative estimate of drug-likeness (QED) is 0.693. The van der Waals surface area contributed by atoms with Crippen molar-refractivity contribution in [3.8, 4) is 0 Å². The largest absolute Gasteiger partial charge is 0.379 e. The Morgan fingerprint density at radius 2 is 1.77 bits per heavy atom. The number of rotatable bonds is 8. The predicted octanol–water partition coefficient (Wildman–Crippen LogP) is 1.72. The molecular weight excluding hydrogens is 278 g/mol. The van der Waals surface area contributed by atoms with Gasteiger partial charge in [-0.25, -0.2) is 0 Å². The molecule has 0 saturated carbocycles. The Balaban J connectivity index is 2.36. The van der Waals surface area contributed by atoms with E-state index in [4.69, 9.17) is 4.74 Å². The molecule has 5 heteroatoms. The monoisotopic (exact) mass is 313 g/mol. The molecule has 2 atom stereocenters. The lowest BCUT2D eigenvalue weighted by Gasteiger charge is -2.44. The van der Waals surface area contributed by atoms with Crippen molar-refractivity contribution in [2.45, 2.75) is 72.2 Å². The third-order valence-corrected chi connectivity index (χ3v) is 4.02. The molecule has 22 heavy (non-hydrogen) atoms.